The number of carbonyl (C=O) groups is 3. The molecule has 20 heavy (non-hydrogen) atoms. The Bertz CT molecular complexity index is 490. The molecule has 3 amide bonds. The van der Waals surface area contributed by atoms with E-state index in [0.29, 0.717) is 0 Å². The monoisotopic (exact) mass is 279 g/mol. The largest absolute Gasteiger partial charge is 0.465 e. The first kappa shape index (κ1) is 15.5. The molecular weight excluding hydrogens is 262 g/mol. The standard InChI is InChI=1S/C13H17N3O4/c1-9(17)14-15-12(18)11(16(2)13(19)20)8-10-6-4-3-5-7-10/h3-7,11H,8H2,1-2H3,(H,14,17)(H,15,18)(H,19,20)/t11-/m1/s1. The number of carboxylic acid groups (broad SMARTS) is 1. The van der Waals surface area contributed by atoms with Gasteiger partial charge in [0.1, 0.15) is 6.04 Å². The molecule has 0 aliphatic heterocycles. The van der Waals surface area contributed by atoms with Crippen molar-refractivity contribution < 1.29 is 19.5 Å². The molecule has 0 aliphatic carbocycles. The van der Waals surface area contributed by atoms with Crippen molar-refractivity contribution in [3.8, 4) is 0 Å². The first-order valence-electron chi connectivity index (χ1n) is 5.98. The van der Waals surface area contributed by atoms with Crippen molar-refractivity contribution in [3.63, 3.8) is 0 Å². The van der Waals surface area contributed by atoms with E-state index in [1.54, 1.807) is 24.3 Å². The van der Waals surface area contributed by atoms with Gasteiger partial charge in [-0.2, -0.15) is 0 Å². The van der Waals surface area contributed by atoms with E-state index >= 15 is 0 Å². The minimum Gasteiger partial charge on any atom is -0.465 e. The molecule has 0 heterocycles. The Morgan fingerprint density at radius 2 is 1.80 bits per heavy atom. The quantitative estimate of drug-likeness (QED) is 0.694. The summed E-state index contributed by atoms with van der Waals surface area (Å²) in [5.74, 6) is -1.02. The Kier molecular flexibility index (Phi) is 5.52. The molecule has 108 valence electrons. The molecule has 0 aromatic heterocycles. The SMILES string of the molecule is CC(=O)NNC(=O)[C@@H](Cc1ccccc1)N(C)C(=O)O. The number of benzene rings is 1. The number of carbonyl (C=O) groups excluding carboxylic acids is 2. The van der Waals surface area contributed by atoms with Crippen LogP contribution in [0.25, 0.3) is 0 Å². The Hall–Kier alpha value is -2.57. The van der Waals surface area contributed by atoms with Gasteiger partial charge in [-0.3, -0.25) is 25.3 Å². The fourth-order valence-corrected chi connectivity index (χ4v) is 1.61. The van der Waals surface area contributed by atoms with Gasteiger partial charge in [-0.25, -0.2) is 4.79 Å². The number of amides is 3. The molecule has 0 saturated carbocycles. The third-order valence-corrected chi connectivity index (χ3v) is 2.71. The third-order valence-electron chi connectivity index (χ3n) is 2.71. The second-order valence-corrected chi connectivity index (χ2v) is 4.27. The van der Waals surface area contributed by atoms with Crippen LogP contribution in [0.2, 0.25) is 0 Å². The second-order valence-electron chi connectivity index (χ2n) is 4.27. The van der Waals surface area contributed by atoms with Gasteiger partial charge in [-0.05, 0) is 5.56 Å². The molecule has 0 bridgehead atoms. The maximum atomic E-state index is 12.0. The molecule has 0 fully saturated rings. The van der Waals surface area contributed by atoms with Crippen LogP contribution in [-0.2, 0) is 16.0 Å². The Balaban J connectivity index is 2.82. The highest BCUT2D eigenvalue weighted by Gasteiger charge is 2.27. The van der Waals surface area contributed by atoms with Gasteiger partial charge in [0.25, 0.3) is 5.91 Å². The van der Waals surface area contributed by atoms with E-state index in [1.165, 1.54) is 14.0 Å². The van der Waals surface area contributed by atoms with Crippen LogP contribution in [0.3, 0.4) is 0 Å². The fourth-order valence-electron chi connectivity index (χ4n) is 1.61. The second kappa shape index (κ2) is 7.13. The molecule has 7 heteroatoms. The van der Waals surface area contributed by atoms with Gasteiger partial charge in [-0.15, -0.1) is 0 Å². The minimum absolute atomic E-state index is 0.217. The van der Waals surface area contributed by atoms with Crippen LogP contribution in [0.5, 0.6) is 0 Å². The first-order valence-corrected chi connectivity index (χ1v) is 5.98. The van der Waals surface area contributed by atoms with Crippen LogP contribution in [-0.4, -0.2) is 41.0 Å². The van der Waals surface area contributed by atoms with Crippen molar-refractivity contribution in [2.24, 2.45) is 0 Å². The summed E-state index contributed by atoms with van der Waals surface area (Å²) in [7, 11) is 1.31. The summed E-state index contributed by atoms with van der Waals surface area (Å²) in [6.07, 6.45) is -1.00. The summed E-state index contributed by atoms with van der Waals surface area (Å²) >= 11 is 0. The molecule has 1 aromatic rings. The van der Waals surface area contributed by atoms with E-state index in [9.17, 15) is 14.4 Å². The number of likely N-dealkylation sites (N-methyl/N-ethyl adjacent to an activating group) is 1. The lowest BCUT2D eigenvalue weighted by Crippen LogP contribution is -2.53. The molecular formula is C13H17N3O4. The predicted octanol–water partition coefficient (Wildman–Crippen LogP) is 0.375. The number of nitrogens with zero attached hydrogens (tertiary/aromatic N) is 1. The van der Waals surface area contributed by atoms with Gasteiger partial charge < -0.3 is 5.11 Å². The van der Waals surface area contributed by atoms with Crippen LogP contribution in [0, 0.1) is 0 Å². The topological polar surface area (TPSA) is 98.7 Å². The lowest BCUT2D eigenvalue weighted by molar-refractivity contribution is -0.130. The molecule has 1 rings (SSSR count). The lowest BCUT2D eigenvalue weighted by Gasteiger charge is -2.24. The van der Waals surface area contributed by atoms with Crippen LogP contribution in [0.1, 0.15) is 12.5 Å². The number of hydrogen-bond donors (Lipinski definition) is 3. The van der Waals surface area contributed by atoms with Gasteiger partial charge in [0.05, 0.1) is 0 Å². The van der Waals surface area contributed by atoms with Crippen molar-refractivity contribution in [3.05, 3.63) is 35.9 Å². The smallest absolute Gasteiger partial charge is 0.407 e. The highest BCUT2D eigenvalue weighted by Crippen LogP contribution is 2.08. The molecule has 1 atom stereocenters. The molecule has 3 N–H and O–H groups in total. The summed E-state index contributed by atoms with van der Waals surface area (Å²) in [6.45, 7) is 1.24. The molecule has 0 radical (unpaired) electrons. The van der Waals surface area contributed by atoms with E-state index in [4.69, 9.17) is 5.11 Å². The van der Waals surface area contributed by atoms with Gasteiger partial charge in [0.2, 0.25) is 5.91 Å². The maximum Gasteiger partial charge on any atom is 0.407 e. The Morgan fingerprint density at radius 1 is 1.20 bits per heavy atom. The van der Waals surface area contributed by atoms with Crippen LogP contribution < -0.4 is 10.9 Å². The minimum atomic E-state index is -1.22. The van der Waals surface area contributed by atoms with Crippen molar-refractivity contribution in [2.45, 2.75) is 19.4 Å². The summed E-state index contributed by atoms with van der Waals surface area (Å²) < 4.78 is 0. The zero-order chi connectivity index (χ0) is 15.1. The van der Waals surface area contributed by atoms with E-state index < -0.39 is 23.9 Å². The molecule has 0 unspecified atom stereocenters. The number of hydrazine groups is 1. The molecule has 0 saturated heterocycles. The summed E-state index contributed by atoms with van der Waals surface area (Å²) in [5.41, 5.74) is 5.16. The average Bonchev–Trinajstić information content (AvgIpc) is 2.42. The van der Waals surface area contributed by atoms with E-state index in [1.807, 2.05) is 6.07 Å². The summed E-state index contributed by atoms with van der Waals surface area (Å²) in [4.78, 5) is 34.7. The number of rotatable bonds is 4. The van der Waals surface area contributed by atoms with Crippen LogP contribution >= 0.6 is 0 Å². The van der Waals surface area contributed by atoms with E-state index in [0.717, 1.165) is 10.5 Å². The average molecular weight is 279 g/mol. The van der Waals surface area contributed by atoms with Crippen molar-refractivity contribution in [1.82, 2.24) is 15.8 Å². The molecule has 0 spiro atoms. The zero-order valence-corrected chi connectivity index (χ0v) is 11.3. The fraction of sp³-hybridized carbons (Fsp3) is 0.308. The normalized spacial score (nSPS) is 11.3. The highest BCUT2D eigenvalue weighted by atomic mass is 16.4. The predicted molar refractivity (Wildman–Crippen MR) is 71.7 cm³/mol. The molecule has 0 aliphatic rings. The summed E-state index contributed by atoms with van der Waals surface area (Å²) in [6, 6.07) is 8.11. The maximum absolute atomic E-state index is 12.0. The van der Waals surface area contributed by atoms with Crippen LogP contribution in [0.15, 0.2) is 30.3 Å². The summed E-state index contributed by atoms with van der Waals surface area (Å²) in [5, 5.41) is 9.02. The lowest BCUT2D eigenvalue weighted by atomic mass is 10.0. The van der Waals surface area contributed by atoms with Gasteiger partial charge in [0, 0.05) is 20.4 Å². The Morgan fingerprint density at radius 3 is 2.30 bits per heavy atom. The van der Waals surface area contributed by atoms with Gasteiger partial charge in [0.15, 0.2) is 0 Å². The first-order chi connectivity index (χ1) is 9.41. The number of nitrogens with one attached hydrogen (secondary N) is 2. The van der Waals surface area contributed by atoms with E-state index in [-0.39, 0.29) is 6.42 Å². The van der Waals surface area contributed by atoms with Crippen molar-refractivity contribution in [1.29, 1.82) is 0 Å². The van der Waals surface area contributed by atoms with Gasteiger partial charge >= 0.3 is 6.09 Å². The van der Waals surface area contributed by atoms with Crippen molar-refractivity contribution >= 4 is 17.9 Å². The molecule has 7 nitrogen and oxygen atoms in total. The number of hydrogen-bond acceptors (Lipinski definition) is 3. The zero-order valence-electron chi connectivity index (χ0n) is 11.3. The van der Waals surface area contributed by atoms with E-state index in [2.05, 4.69) is 10.9 Å². The highest BCUT2D eigenvalue weighted by molar-refractivity contribution is 5.87. The van der Waals surface area contributed by atoms with Gasteiger partial charge in [-0.1, -0.05) is 30.3 Å². The van der Waals surface area contributed by atoms with Crippen molar-refractivity contribution in [2.75, 3.05) is 7.05 Å². The van der Waals surface area contributed by atoms with Crippen LogP contribution in [0.4, 0.5) is 4.79 Å². The third kappa shape index (κ3) is 4.60. The Labute approximate surface area is 116 Å². The molecule has 1 aromatic carbocycles.